The summed E-state index contributed by atoms with van der Waals surface area (Å²) >= 11 is 1.68. The number of hydrogen-bond donors (Lipinski definition) is 0. The molecule has 0 N–H and O–H groups in total. The molecule has 2 nitrogen and oxygen atoms in total. The lowest BCUT2D eigenvalue weighted by atomic mass is 10.1. The summed E-state index contributed by atoms with van der Waals surface area (Å²) in [5.41, 5.74) is 3.21. The molecule has 84 valence electrons. The fraction of sp³-hybridized carbons (Fsp3) is 0.385. The van der Waals surface area contributed by atoms with Gasteiger partial charge in [-0.3, -0.25) is 4.98 Å². The van der Waals surface area contributed by atoms with Crippen LogP contribution in [0, 0.1) is 6.92 Å². The summed E-state index contributed by atoms with van der Waals surface area (Å²) in [5.74, 6) is 0.537. The van der Waals surface area contributed by atoms with E-state index in [9.17, 15) is 0 Å². The minimum Gasteiger partial charge on any atom is -0.251 e. The van der Waals surface area contributed by atoms with Crippen LogP contribution in [0.25, 0.3) is 10.7 Å². The van der Waals surface area contributed by atoms with Crippen molar-refractivity contribution in [1.29, 1.82) is 0 Å². The molecule has 0 saturated heterocycles. The molecule has 3 heteroatoms. The van der Waals surface area contributed by atoms with Gasteiger partial charge in [0, 0.05) is 11.1 Å². The van der Waals surface area contributed by atoms with Gasteiger partial charge < -0.3 is 0 Å². The Bertz CT molecular complexity index is 476. The van der Waals surface area contributed by atoms with E-state index >= 15 is 0 Å². The van der Waals surface area contributed by atoms with E-state index in [1.165, 1.54) is 5.69 Å². The molecular formula is C13H16N2S. The van der Waals surface area contributed by atoms with E-state index in [-0.39, 0.29) is 0 Å². The van der Waals surface area contributed by atoms with E-state index in [1.807, 2.05) is 25.1 Å². The van der Waals surface area contributed by atoms with Crippen molar-refractivity contribution in [3.05, 3.63) is 35.0 Å². The average Bonchev–Trinajstić information content (AvgIpc) is 2.77. The van der Waals surface area contributed by atoms with Gasteiger partial charge >= 0.3 is 0 Å². The maximum absolute atomic E-state index is 4.65. The predicted octanol–water partition coefficient (Wildman–Crippen LogP) is 4.03. The fourth-order valence-electron chi connectivity index (χ4n) is 1.50. The largest absolute Gasteiger partial charge is 0.251 e. The van der Waals surface area contributed by atoms with Gasteiger partial charge in [-0.05, 0) is 31.4 Å². The second kappa shape index (κ2) is 4.74. The molecule has 16 heavy (non-hydrogen) atoms. The first kappa shape index (κ1) is 11.3. The summed E-state index contributed by atoms with van der Waals surface area (Å²) in [6.07, 6.45) is 1.13. The van der Waals surface area contributed by atoms with Gasteiger partial charge in [-0.25, -0.2) is 4.98 Å². The zero-order valence-electron chi connectivity index (χ0n) is 9.90. The van der Waals surface area contributed by atoms with Gasteiger partial charge in [-0.2, -0.15) is 0 Å². The molecule has 2 aromatic heterocycles. The SMILES string of the molecule is CCC(C)c1csc(-c2cccc(C)n2)n1. The first-order valence-electron chi connectivity index (χ1n) is 5.60. The number of aromatic nitrogens is 2. The number of pyridine rings is 1. The lowest BCUT2D eigenvalue weighted by Crippen LogP contribution is -1.92. The number of rotatable bonds is 3. The van der Waals surface area contributed by atoms with Crippen LogP contribution in [-0.2, 0) is 0 Å². The second-order valence-corrected chi connectivity index (χ2v) is 4.91. The van der Waals surface area contributed by atoms with Gasteiger partial charge in [0.1, 0.15) is 5.01 Å². The maximum atomic E-state index is 4.65. The minimum absolute atomic E-state index is 0.537. The van der Waals surface area contributed by atoms with Crippen LogP contribution in [0.15, 0.2) is 23.6 Å². The van der Waals surface area contributed by atoms with Gasteiger partial charge in [0.25, 0.3) is 0 Å². The highest BCUT2D eigenvalue weighted by atomic mass is 32.1. The van der Waals surface area contributed by atoms with Crippen molar-refractivity contribution in [2.45, 2.75) is 33.1 Å². The normalized spacial score (nSPS) is 12.7. The average molecular weight is 232 g/mol. The molecule has 2 aromatic rings. The summed E-state index contributed by atoms with van der Waals surface area (Å²) in [6, 6.07) is 6.06. The van der Waals surface area contributed by atoms with Gasteiger partial charge in [-0.15, -0.1) is 11.3 Å². The van der Waals surface area contributed by atoms with Crippen molar-refractivity contribution in [1.82, 2.24) is 9.97 Å². The lowest BCUT2D eigenvalue weighted by Gasteiger charge is -2.02. The van der Waals surface area contributed by atoms with Gasteiger partial charge in [-0.1, -0.05) is 19.9 Å². The monoisotopic (exact) mass is 232 g/mol. The summed E-state index contributed by atoms with van der Waals surface area (Å²) in [5, 5.41) is 3.17. The van der Waals surface area contributed by atoms with Gasteiger partial charge in [0.2, 0.25) is 0 Å². The van der Waals surface area contributed by atoms with E-state index in [2.05, 4.69) is 29.2 Å². The molecule has 0 fully saturated rings. The summed E-state index contributed by atoms with van der Waals surface area (Å²) < 4.78 is 0. The predicted molar refractivity (Wildman–Crippen MR) is 68.8 cm³/mol. The molecule has 0 aromatic carbocycles. The molecule has 1 atom stereocenters. The van der Waals surface area contributed by atoms with Crippen molar-refractivity contribution in [2.24, 2.45) is 0 Å². The highest BCUT2D eigenvalue weighted by Gasteiger charge is 2.10. The highest BCUT2D eigenvalue weighted by molar-refractivity contribution is 7.13. The zero-order chi connectivity index (χ0) is 11.5. The smallest absolute Gasteiger partial charge is 0.142 e. The van der Waals surface area contributed by atoms with E-state index in [0.717, 1.165) is 22.8 Å². The maximum Gasteiger partial charge on any atom is 0.142 e. The molecule has 0 aliphatic rings. The van der Waals surface area contributed by atoms with Crippen molar-refractivity contribution in [3.63, 3.8) is 0 Å². The van der Waals surface area contributed by atoms with Crippen molar-refractivity contribution >= 4 is 11.3 Å². The Morgan fingerprint density at radius 1 is 1.31 bits per heavy atom. The van der Waals surface area contributed by atoms with Crippen molar-refractivity contribution in [3.8, 4) is 10.7 Å². The Hall–Kier alpha value is -1.22. The van der Waals surface area contributed by atoms with Crippen LogP contribution in [0.1, 0.15) is 37.6 Å². The molecule has 0 aliphatic heterocycles. The molecule has 0 spiro atoms. The molecule has 0 radical (unpaired) electrons. The molecule has 0 aliphatic carbocycles. The van der Waals surface area contributed by atoms with Gasteiger partial charge in [0.15, 0.2) is 0 Å². The van der Waals surface area contributed by atoms with Crippen molar-refractivity contribution in [2.75, 3.05) is 0 Å². The van der Waals surface area contributed by atoms with Crippen LogP contribution in [0.4, 0.5) is 0 Å². The Kier molecular flexibility index (Phi) is 3.34. The lowest BCUT2D eigenvalue weighted by molar-refractivity contribution is 0.714. The molecule has 0 bridgehead atoms. The van der Waals surface area contributed by atoms with Crippen LogP contribution in [0.3, 0.4) is 0 Å². The number of nitrogens with zero attached hydrogens (tertiary/aromatic N) is 2. The number of hydrogen-bond acceptors (Lipinski definition) is 3. The molecule has 2 heterocycles. The summed E-state index contributed by atoms with van der Waals surface area (Å²) in [7, 11) is 0. The number of thiazole rings is 1. The third kappa shape index (κ3) is 2.30. The quantitative estimate of drug-likeness (QED) is 0.798. The Morgan fingerprint density at radius 3 is 2.81 bits per heavy atom. The van der Waals surface area contributed by atoms with E-state index < -0.39 is 0 Å². The van der Waals surface area contributed by atoms with Gasteiger partial charge in [0.05, 0.1) is 11.4 Å². The molecular weight excluding hydrogens is 216 g/mol. The topological polar surface area (TPSA) is 25.8 Å². The molecule has 0 amide bonds. The molecule has 0 saturated carbocycles. The Balaban J connectivity index is 2.31. The molecule has 2 rings (SSSR count). The second-order valence-electron chi connectivity index (χ2n) is 4.05. The Morgan fingerprint density at radius 2 is 2.12 bits per heavy atom. The highest BCUT2D eigenvalue weighted by Crippen LogP contribution is 2.26. The summed E-state index contributed by atoms with van der Waals surface area (Å²) in [6.45, 7) is 6.41. The standard InChI is InChI=1S/C13H16N2S/c1-4-9(2)12-8-16-13(15-12)11-7-5-6-10(3)14-11/h5-9H,4H2,1-3H3. The van der Waals surface area contributed by atoms with Crippen LogP contribution < -0.4 is 0 Å². The fourth-order valence-corrected chi connectivity index (χ4v) is 2.41. The summed E-state index contributed by atoms with van der Waals surface area (Å²) in [4.78, 5) is 9.14. The first-order chi connectivity index (χ1) is 7.70. The van der Waals surface area contributed by atoms with Crippen LogP contribution in [0.2, 0.25) is 0 Å². The van der Waals surface area contributed by atoms with E-state index in [4.69, 9.17) is 0 Å². The Labute approximate surface area is 100 Å². The molecule has 1 unspecified atom stereocenters. The van der Waals surface area contributed by atoms with Crippen LogP contribution in [-0.4, -0.2) is 9.97 Å². The van der Waals surface area contributed by atoms with Crippen LogP contribution in [0.5, 0.6) is 0 Å². The third-order valence-electron chi connectivity index (χ3n) is 2.75. The third-order valence-corrected chi connectivity index (χ3v) is 3.63. The first-order valence-corrected chi connectivity index (χ1v) is 6.48. The number of aryl methyl sites for hydroxylation is 1. The van der Waals surface area contributed by atoms with Crippen LogP contribution >= 0.6 is 11.3 Å². The zero-order valence-corrected chi connectivity index (χ0v) is 10.7. The van der Waals surface area contributed by atoms with E-state index in [0.29, 0.717) is 5.92 Å². The van der Waals surface area contributed by atoms with Crippen molar-refractivity contribution < 1.29 is 0 Å². The van der Waals surface area contributed by atoms with E-state index in [1.54, 1.807) is 11.3 Å². The minimum atomic E-state index is 0.537.